The summed E-state index contributed by atoms with van der Waals surface area (Å²) >= 11 is 0. The number of hydrogen-bond acceptors (Lipinski definition) is 4. The van der Waals surface area contributed by atoms with E-state index in [1.165, 1.54) is 0 Å². The van der Waals surface area contributed by atoms with Crippen molar-refractivity contribution in [3.8, 4) is 0 Å². The van der Waals surface area contributed by atoms with Gasteiger partial charge in [0.15, 0.2) is 5.96 Å². The predicted octanol–water partition coefficient (Wildman–Crippen LogP) is 3.78. The molecule has 1 aromatic heterocycles. The molecule has 2 N–H and O–H groups in total. The predicted molar refractivity (Wildman–Crippen MR) is 130 cm³/mol. The summed E-state index contributed by atoms with van der Waals surface area (Å²) < 4.78 is 16.5. The summed E-state index contributed by atoms with van der Waals surface area (Å²) in [5.41, 5.74) is 1.49. The maximum Gasteiger partial charge on any atom is 0.192 e. The Bertz CT molecular complexity index is 848. The standard InChI is InChI=1S/C21H32FN7.HI/c1-5-23-21(26-18-9-8-12-29-20(18)25-15(4)27-29)24-14-16-10-11-19(17(22)13-16)28(6-2)7-3;/h10-11,13,18H,5-9,12,14H2,1-4H3,(H2,23,24,26);1H. The van der Waals surface area contributed by atoms with Gasteiger partial charge in [-0.1, -0.05) is 6.07 Å². The molecule has 2 aromatic rings. The van der Waals surface area contributed by atoms with Crippen molar-refractivity contribution in [1.82, 2.24) is 25.4 Å². The number of aromatic nitrogens is 3. The van der Waals surface area contributed by atoms with Crippen LogP contribution in [0.25, 0.3) is 0 Å². The molecule has 30 heavy (non-hydrogen) atoms. The lowest BCUT2D eigenvalue weighted by Gasteiger charge is -2.25. The average molecular weight is 529 g/mol. The van der Waals surface area contributed by atoms with Gasteiger partial charge in [0.25, 0.3) is 0 Å². The molecule has 1 aliphatic heterocycles. The number of anilines is 1. The molecule has 0 saturated carbocycles. The quantitative estimate of drug-likeness (QED) is 0.325. The van der Waals surface area contributed by atoms with Crippen LogP contribution >= 0.6 is 24.0 Å². The number of aryl methyl sites for hydroxylation is 2. The summed E-state index contributed by atoms with van der Waals surface area (Å²) in [5.74, 6) is 2.25. The first-order valence-electron chi connectivity index (χ1n) is 10.5. The van der Waals surface area contributed by atoms with E-state index < -0.39 is 0 Å². The molecule has 9 heteroatoms. The van der Waals surface area contributed by atoms with Crippen molar-refractivity contribution in [2.45, 2.75) is 59.7 Å². The molecule has 3 rings (SSSR count). The van der Waals surface area contributed by atoms with E-state index >= 15 is 0 Å². The summed E-state index contributed by atoms with van der Waals surface area (Å²) in [6.45, 7) is 11.6. The third-order valence-electron chi connectivity index (χ3n) is 5.17. The molecule has 1 aliphatic rings. The Hall–Kier alpha value is -1.91. The highest BCUT2D eigenvalue weighted by Gasteiger charge is 2.24. The number of hydrogen-bond donors (Lipinski definition) is 2. The molecule has 1 aromatic carbocycles. The Morgan fingerprint density at radius 2 is 2.07 bits per heavy atom. The molecule has 1 atom stereocenters. The summed E-state index contributed by atoms with van der Waals surface area (Å²) in [4.78, 5) is 11.2. The van der Waals surface area contributed by atoms with Crippen molar-refractivity contribution in [2.75, 3.05) is 24.5 Å². The Kier molecular flexibility index (Phi) is 9.32. The molecule has 166 valence electrons. The normalized spacial score (nSPS) is 15.9. The van der Waals surface area contributed by atoms with Crippen LogP contribution in [0.2, 0.25) is 0 Å². The lowest BCUT2D eigenvalue weighted by molar-refractivity contribution is 0.397. The minimum atomic E-state index is -0.199. The summed E-state index contributed by atoms with van der Waals surface area (Å²) in [6, 6.07) is 5.45. The van der Waals surface area contributed by atoms with Crippen molar-refractivity contribution >= 4 is 35.6 Å². The molecule has 2 heterocycles. The minimum Gasteiger partial charge on any atom is -0.370 e. The Morgan fingerprint density at radius 3 is 2.73 bits per heavy atom. The first-order chi connectivity index (χ1) is 14.0. The summed E-state index contributed by atoms with van der Waals surface area (Å²) in [6.07, 6.45) is 2.03. The highest BCUT2D eigenvalue weighted by atomic mass is 127. The molecule has 7 nitrogen and oxygen atoms in total. The van der Waals surface area contributed by atoms with Crippen molar-refractivity contribution in [2.24, 2.45) is 4.99 Å². The van der Waals surface area contributed by atoms with Crippen molar-refractivity contribution in [1.29, 1.82) is 0 Å². The van der Waals surface area contributed by atoms with Gasteiger partial charge < -0.3 is 15.5 Å². The number of nitrogens with one attached hydrogen (secondary N) is 2. The molecule has 0 radical (unpaired) electrons. The lowest BCUT2D eigenvalue weighted by atomic mass is 10.1. The highest BCUT2D eigenvalue weighted by Crippen LogP contribution is 2.23. The van der Waals surface area contributed by atoms with Gasteiger partial charge in [0, 0.05) is 26.2 Å². The van der Waals surface area contributed by atoms with Gasteiger partial charge in [-0.2, -0.15) is 5.10 Å². The van der Waals surface area contributed by atoms with E-state index in [1.54, 1.807) is 6.07 Å². The van der Waals surface area contributed by atoms with Gasteiger partial charge in [-0.3, -0.25) is 0 Å². The van der Waals surface area contributed by atoms with Crippen LogP contribution in [0.15, 0.2) is 23.2 Å². The topological polar surface area (TPSA) is 70.4 Å². The van der Waals surface area contributed by atoms with E-state index in [0.29, 0.717) is 18.2 Å². The second-order valence-corrected chi connectivity index (χ2v) is 7.23. The van der Waals surface area contributed by atoms with Gasteiger partial charge in [-0.15, -0.1) is 24.0 Å². The van der Waals surface area contributed by atoms with Crippen LogP contribution in [0.5, 0.6) is 0 Å². The third-order valence-corrected chi connectivity index (χ3v) is 5.17. The summed E-state index contributed by atoms with van der Waals surface area (Å²) in [5, 5.41) is 11.2. The van der Waals surface area contributed by atoms with Gasteiger partial charge >= 0.3 is 0 Å². The van der Waals surface area contributed by atoms with E-state index in [1.807, 2.05) is 49.4 Å². The number of fused-ring (bicyclic) bond motifs is 1. The maximum atomic E-state index is 14.5. The van der Waals surface area contributed by atoms with Crippen LogP contribution in [0.1, 0.15) is 56.9 Å². The van der Waals surface area contributed by atoms with Crippen LogP contribution in [0.3, 0.4) is 0 Å². The molecule has 1 unspecified atom stereocenters. The number of rotatable bonds is 7. The molecular formula is C21H33FIN7. The smallest absolute Gasteiger partial charge is 0.192 e. The van der Waals surface area contributed by atoms with Crippen LogP contribution in [0.4, 0.5) is 10.1 Å². The average Bonchev–Trinajstić information content (AvgIpc) is 3.10. The van der Waals surface area contributed by atoms with Crippen LogP contribution < -0.4 is 15.5 Å². The fourth-order valence-corrected chi connectivity index (χ4v) is 3.73. The fourth-order valence-electron chi connectivity index (χ4n) is 3.73. The number of guanidine groups is 1. The zero-order valence-corrected chi connectivity index (χ0v) is 20.6. The summed E-state index contributed by atoms with van der Waals surface area (Å²) in [7, 11) is 0. The van der Waals surface area contributed by atoms with Gasteiger partial charge in [0.1, 0.15) is 17.5 Å². The van der Waals surface area contributed by atoms with Crippen molar-refractivity contribution in [3.05, 3.63) is 41.2 Å². The Balaban J connectivity index is 0.00000320. The second-order valence-electron chi connectivity index (χ2n) is 7.23. The number of halogens is 2. The van der Waals surface area contributed by atoms with Crippen LogP contribution in [-0.2, 0) is 13.1 Å². The zero-order valence-electron chi connectivity index (χ0n) is 18.3. The highest BCUT2D eigenvalue weighted by molar-refractivity contribution is 14.0. The van der Waals surface area contributed by atoms with Crippen molar-refractivity contribution in [3.63, 3.8) is 0 Å². The third kappa shape index (κ3) is 5.83. The van der Waals surface area contributed by atoms with E-state index in [-0.39, 0.29) is 35.8 Å². The van der Waals surface area contributed by atoms with Gasteiger partial charge in [-0.25, -0.2) is 19.0 Å². The van der Waals surface area contributed by atoms with E-state index in [2.05, 4.69) is 25.7 Å². The first-order valence-corrected chi connectivity index (χ1v) is 10.5. The molecule has 0 fully saturated rings. The Labute approximate surface area is 195 Å². The monoisotopic (exact) mass is 529 g/mol. The number of benzene rings is 1. The lowest BCUT2D eigenvalue weighted by Crippen LogP contribution is -2.41. The van der Waals surface area contributed by atoms with Crippen LogP contribution in [0, 0.1) is 12.7 Å². The molecule has 0 aliphatic carbocycles. The molecule has 0 saturated heterocycles. The second kappa shape index (κ2) is 11.5. The van der Waals surface area contributed by atoms with E-state index in [0.717, 1.165) is 56.2 Å². The fraction of sp³-hybridized carbons (Fsp3) is 0.571. The van der Waals surface area contributed by atoms with Gasteiger partial charge in [0.05, 0.1) is 18.3 Å². The van der Waals surface area contributed by atoms with Gasteiger partial charge in [-0.05, 0) is 58.2 Å². The SMILES string of the molecule is CCNC(=NCc1ccc(N(CC)CC)c(F)c1)NC1CCCn2nc(C)nc21.I. The largest absolute Gasteiger partial charge is 0.370 e. The zero-order chi connectivity index (χ0) is 20.8. The molecule has 0 spiro atoms. The number of nitrogens with zero attached hydrogens (tertiary/aromatic N) is 5. The minimum absolute atomic E-state index is 0. The number of aliphatic imine (C=N–C) groups is 1. The van der Waals surface area contributed by atoms with Crippen LogP contribution in [-0.4, -0.2) is 40.4 Å². The molecule has 0 bridgehead atoms. The van der Waals surface area contributed by atoms with Crippen molar-refractivity contribution < 1.29 is 4.39 Å². The molecule has 0 amide bonds. The van der Waals surface area contributed by atoms with E-state index in [4.69, 9.17) is 0 Å². The van der Waals surface area contributed by atoms with E-state index in [9.17, 15) is 4.39 Å². The molecular weight excluding hydrogens is 496 g/mol. The maximum absolute atomic E-state index is 14.5. The first kappa shape index (κ1) is 24.4. The Morgan fingerprint density at radius 1 is 1.30 bits per heavy atom. The van der Waals surface area contributed by atoms with Gasteiger partial charge in [0.2, 0.25) is 0 Å².